The first-order valence-electron chi connectivity index (χ1n) is 5.60. The van der Waals surface area contributed by atoms with Crippen LogP contribution >= 0.6 is 0 Å². The Balaban J connectivity index is 2.34. The summed E-state index contributed by atoms with van der Waals surface area (Å²) >= 11 is 0. The van der Waals surface area contributed by atoms with Crippen LogP contribution in [0.15, 0.2) is 42.6 Å². The van der Waals surface area contributed by atoms with E-state index in [0.717, 1.165) is 12.3 Å². The minimum atomic E-state index is -4.52. The summed E-state index contributed by atoms with van der Waals surface area (Å²) in [6.07, 6.45) is -3.50. The molecular formula is C14H8F4N2. The number of rotatable bonds is 2. The fraction of sp³-hybridized carbons (Fsp3) is 0.143. The summed E-state index contributed by atoms with van der Waals surface area (Å²) in [5.41, 5.74) is -0.195. The van der Waals surface area contributed by atoms with Gasteiger partial charge in [0.2, 0.25) is 0 Å². The molecule has 2 aromatic rings. The Labute approximate surface area is 112 Å². The van der Waals surface area contributed by atoms with Crippen LogP contribution in [0.3, 0.4) is 0 Å². The monoisotopic (exact) mass is 280 g/mol. The van der Waals surface area contributed by atoms with E-state index in [1.54, 1.807) is 0 Å². The molecule has 0 bridgehead atoms. The molecule has 0 radical (unpaired) electrons. The maximum atomic E-state index is 12.8. The summed E-state index contributed by atoms with van der Waals surface area (Å²) in [6.45, 7) is 0. The molecule has 0 unspecified atom stereocenters. The first-order valence-corrected chi connectivity index (χ1v) is 5.60. The van der Waals surface area contributed by atoms with Gasteiger partial charge in [-0.15, -0.1) is 0 Å². The van der Waals surface area contributed by atoms with Gasteiger partial charge in [0, 0.05) is 6.20 Å². The fourth-order valence-corrected chi connectivity index (χ4v) is 1.74. The third kappa shape index (κ3) is 2.94. The zero-order chi connectivity index (χ0) is 14.8. The first-order chi connectivity index (χ1) is 9.41. The van der Waals surface area contributed by atoms with Crippen molar-refractivity contribution in [3.8, 4) is 6.07 Å². The first kappa shape index (κ1) is 14.0. The normalized spacial score (nSPS) is 12.8. The van der Waals surface area contributed by atoms with Crippen LogP contribution in [0.5, 0.6) is 0 Å². The standard InChI is InChI=1S/C14H8F4N2/c15-11-4-1-9(2-5-11)12(7-19)10-3-6-13(20-8-10)14(16,17)18/h1-6,8,12H/t12-/m0/s1. The van der Waals surface area contributed by atoms with Crippen molar-refractivity contribution < 1.29 is 17.6 Å². The summed E-state index contributed by atoms with van der Waals surface area (Å²) in [7, 11) is 0. The Hall–Kier alpha value is -2.42. The predicted molar refractivity (Wildman–Crippen MR) is 63.1 cm³/mol. The highest BCUT2D eigenvalue weighted by Gasteiger charge is 2.32. The van der Waals surface area contributed by atoms with E-state index in [2.05, 4.69) is 4.98 Å². The zero-order valence-corrected chi connectivity index (χ0v) is 10.0. The molecule has 0 spiro atoms. The highest BCUT2D eigenvalue weighted by molar-refractivity contribution is 5.37. The molecular weight excluding hydrogens is 272 g/mol. The van der Waals surface area contributed by atoms with Crippen molar-refractivity contribution in [3.05, 3.63) is 65.2 Å². The number of nitriles is 1. The maximum Gasteiger partial charge on any atom is 0.433 e. The van der Waals surface area contributed by atoms with Gasteiger partial charge in [-0.25, -0.2) is 4.39 Å². The largest absolute Gasteiger partial charge is 0.433 e. The lowest BCUT2D eigenvalue weighted by Crippen LogP contribution is -2.08. The molecule has 1 aromatic carbocycles. The number of benzene rings is 1. The second kappa shape index (κ2) is 5.29. The third-order valence-electron chi connectivity index (χ3n) is 2.74. The molecule has 0 N–H and O–H groups in total. The molecule has 0 aliphatic heterocycles. The zero-order valence-electron chi connectivity index (χ0n) is 10.0. The minimum absolute atomic E-state index is 0.326. The van der Waals surface area contributed by atoms with Gasteiger partial charge in [-0.05, 0) is 29.3 Å². The van der Waals surface area contributed by atoms with Gasteiger partial charge in [-0.3, -0.25) is 4.98 Å². The van der Waals surface area contributed by atoms with E-state index in [0.29, 0.717) is 11.1 Å². The van der Waals surface area contributed by atoms with Crippen LogP contribution < -0.4 is 0 Å². The second-order valence-corrected chi connectivity index (χ2v) is 4.09. The number of aromatic nitrogens is 1. The Morgan fingerprint density at radius 2 is 1.60 bits per heavy atom. The van der Waals surface area contributed by atoms with Crippen molar-refractivity contribution in [1.82, 2.24) is 4.98 Å². The number of halogens is 4. The Morgan fingerprint density at radius 1 is 1.00 bits per heavy atom. The summed E-state index contributed by atoms with van der Waals surface area (Å²) in [5.74, 6) is -1.23. The van der Waals surface area contributed by atoms with Crippen LogP contribution in [0.4, 0.5) is 17.6 Å². The van der Waals surface area contributed by atoms with Crippen molar-refractivity contribution in [2.45, 2.75) is 12.1 Å². The molecule has 0 fully saturated rings. The van der Waals surface area contributed by atoms with E-state index < -0.39 is 23.6 Å². The summed E-state index contributed by atoms with van der Waals surface area (Å²) in [4.78, 5) is 3.31. The molecule has 0 saturated heterocycles. The average Bonchev–Trinajstić information content (AvgIpc) is 2.41. The quantitative estimate of drug-likeness (QED) is 0.782. The third-order valence-corrected chi connectivity index (χ3v) is 2.74. The lowest BCUT2D eigenvalue weighted by molar-refractivity contribution is -0.141. The highest BCUT2D eigenvalue weighted by atomic mass is 19.4. The SMILES string of the molecule is N#C[C@@H](c1ccc(F)cc1)c1ccc(C(F)(F)F)nc1. The van der Waals surface area contributed by atoms with Crippen molar-refractivity contribution >= 4 is 0 Å². The van der Waals surface area contributed by atoms with Gasteiger partial charge in [-0.2, -0.15) is 18.4 Å². The molecule has 20 heavy (non-hydrogen) atoms. The van der Waals surface area contributed by atoms with Crippen LogP contribution in [0.25, 0.3) is 0 Å². The molecule has 2 nitrogen and oxygen atoms in total. The molecule has 0 aliphatic rings. The Kier molecular flexibility index (Phi) is 3.70. The Morgan fingerprint density at radius 3 is 2.05 bits per heavy atom. The van der Waals surface area contributed by atoms with Gasteiger partial charge >= 0.3 is 6.18 Å². The Bertz CT molecular complexity index is 624. The van der Waals surface area contributed by atoms with E-state index >= 15 is 0 Å². The molecule has 0 amide bonds. The lowest BCUT2D eigenvalue weighted by atomic mass is 9.94. The highest BCUT2D eigenvalue weighted by Crippen LogP contribution is 2.29. The van der Waals surface area contributed by atoms with Crippen molar-refractivity contribution in [3.63, 3.8) is 0 Å². The smallest absolute Gasteiger partial charge is 0.251 e. The summed E-state index contributed by atoms with van der Waals surface area (Å²) in [5, 5.41) is 9.14. The van der Waals surface area contributed by atoms with Gasteiger partial charge in [0.25, 0.3) is 0 Å². The van der Waals surface area contributed by atoms with Gasteiger partial charge in [0.1, 0.15) is 11.5 Å². The second-order valence-electron chi connectivity index (χ2n) is 4.09. The van der Waals surface area contributed by atoms with E-state index in [1.165, 1.54) is 30.3 Å². The van der Waals surface area contributed by atoms with E-state index in [1.807, 2.05) is 6.07 Å². The number of hydrogen-bond acceptors (Lipinski definition) is 2. The van der Waals surface area contributed by atoms with Crippen molar-refractivity contribution in [2.75, 3.05) is 0 Å². The molecule has 1 atom stereocenters. The van der Waals surface area contributed by atoms with Crippen LogP contribution in [0.1, 0.15) is 22.7 Å². The van der Waals surface area contributed by atoms with Crippen molar-refractivity contribution in [1.29, 1.82) is 5.26 Å². The summed E-state index contributed by atoms with van der Waals surface area (Å²) in [6, 6.07) is 9.21. The predicted octanol–water partition coefficient (Wildman–Crippen LogP) is 3.89. The number of alkyl halides is 3. The van der Waals surface area contributed by atoms with E-state index in [4.69, 9.17) is 5.26 Å². The van der Waals surface area contributed by atoms with Gasteiger partial charge < -0.3 is 0 Å². The molecule has 2 rings (SSSR count). The molecule has 0 aliphatic carbocycles. The number of pyridine rings is 1. The fourth-order valence-electron chi connectivity index (χ4n) is 1.74. The van der Waals surface area contributed by atoms with Gasteiger partial charge in [-0.1, -0.05) is 18.2 Å². The van der Waals surface area contributed by atoms with Crippen molar-refractivity contribution in [2.24, 2.45) is 0 Å². The summed E-state index contributed by atoms with van der Waals surface area (Å²) < 4.78 is 50.0. The van der Waals surface area contributed by atoms with Crippen LogP contribution in [0, 0.1) is 17.1 Å². The van der Waals surface area contributed by atoms with Crippen LogP contribution in [-0.2, 0) is 6.18 Å². The molecule has 6 heteroatoms. The molecule has 1 aromatic heterocycles. The van der Waals surface area contributed by atoms with Gasteiger partial charge in [0.15, 0.2) is 0 Å². The average molecular weight is 280 g/mol. The number of hydrogen-bond donors (Lipinski definition) is 0. The lowest BCUT2D eigenvalue weighted by Gasteiger charge is -2.11. The topological polar surface area (TPSA) is 36.7 Å². The minimum Gasteiger partial charge on any atom is -0.251 e. The molecule has 102 valence electrons. The van der Waals surface area contributed by atoms with Crippen LogP contribution in [0.2, 0.25) is 0 Å². The van der Waals surface area contributed by atoms with Crippen LogP contribution in [-0.4, -0.2) is 4.98 Å². The van der Waals surface area contributed by atoms with E-state index in [9.17, 15) is 17.6 Å². The van der Waals surface area contributed by atoms with Gasteiger partial charge in [0.05, 0.1) is 12.0 Å². The van der Waals surface area contributed by atoms with E-state index in [-0.39, 0.29) is 0 Å². The number of nitrogens with zero attached hydrogens (tertiary/aromatic N) is 2. The maximum absolute atomic E-state index is 12.8. The molecule has 0 saturated carbocycles. The molecule has 1 heterocycles.